The highest BCUT2D eigenvalue weighted by atomic mass is 16.2. The number of aryl methyl sites for hydroxylation is 1. The van der Waals surface area contributed by atoms with Crippen molar-refractivity contribution >= 4 is 11.6 Å². The van der Waals surface area contributed by atoms with Gasteiger partial charge in [0.2, 0.25) is 5.91 Å². The highest BCUT2D eigenvalue weighted by Crippen LogP contribution is 2.09. The van der Waals surface area contributed by atoms with E-state index in [0.29, 0.717) is 6.42 Å². The van der Waals surface area contributed by atoms with Crippen molar-refractivity contribution in [3.63, 3.8) is 0 Å². The van der Waals surface area contributed by atoms with E-state index in [2.05, 4.69) is 48.6 Å². The van der Waals surface area contributed by atoms with Gasteiger partial charge in [0.15, 0.2) is 0 Å². The maximum Gasteiger partial charge on any atom is 0.240 e. The summed E-state index contributed by atoms with van der Waals surface area (Å²) in [7, 11) is 0. The predicted octanol–water partition coefficient (Wildman–Crippen LogP) is 5.23. The normalized spacial score (nSPS) is 11.5. The Balaban J connectivity index is 2.22. The summed E-state index contributed by atoms with van der Waals surface area (Å²) in [6.45, 7) is 6.29. The van der Waals surface area contributed by atoms with E-state index in [-0.39, 0.29) is 5.91 Å². The number of hydrogen-bond donors (Lipinski definition) is 1. The Labute approximate surface area is 141 Å². The van der Waals surface area contributed by atoms with E-state index in [1.54, 1.807) is 0 Å². The van der Waals surface area contributed by atoms with Gasteiger partial charge in [0.05, 0.1) is 5.71 Å². The maximum absolute atomic E-state index is 11.8. The van der Waals surface area contributed by atoms with Gasteiger partial charge < -0.3 is 0 Å². The van der Waals surface area contributed by atoms with Crippen molar-refractivity contribution in [3.05, 3.63) is 35.4 Å². The average molecular weight is 316 g/mol. The van der Waals surface area contributed by atoms with E-state index in [0.717, 1.165) is 30.5 Å². The molecule has 0 heterocycles. The van der Waals surface area contributed by atoms with Crippen LogP contribution in [0.15, 0.2) is 29.4 Å². The highest BCUT2D eigenvalue weighted by molar-refractivity contribution is 5.99. The molecule has 3 nitrogen and oxygen atoms in total. The van der Waals surface area contributed by atoms with Gasteiger partial charge in [-0.2, -0.15) is 5.10 Å². The first-order chi connectivity index (χ1) is 11.2. The van der Waals surface area contributed by atoms with Crippen LogP contribution >= 0.6 is 0 Å². The van der Waals surface area contributed by atoms with Crippen LogP contribution in [0.5, 0.6) is 0 Å². The third-order valence-electron chi connectivity index (χ3n) is 4.14. The fourth-order valence-corrected chi connectivity index (χ4v) is 2.49. The lowest BCUT2D eigenvalue weighted by molar-refractivity contribution is -0.121. The van der Waals surface area contributed by atoms with Gasteiger partial charge in [-0.1, -0.05) is 76.6 Å². The van der Waals surface area contributed by atoms with Crippen molar-refractivity contribution < 1.29 is 4.79 Å². The van der Waals surface area contributed by atoms with E-state index < -0.39 is 0 Å². The Hall–Kier alpha value is -1.64. The van der Waals surface area contributed by atoms with Crippen molar-refractivity contribution in [2.24, 2.45) is 5.10 Å². The summed E-state index contributed by atoms with van der Waals surface area (Å²) in [6, 6.07) is 8.32. The Bertz CT molecular complexity index is 477. The molecule has 0 aliphatic rings. The Morgan fingerprint density at radius 2 is 1.57 bits per heavy atom. The number of nitrogens with one attached hydrogen (secondary N) is 1. The van der Waals surface area contributed by atoms with Crippen LogP contribution in [-0.2, 0) is 11.2 Å². The zero-order chi connectivity index (χ0) is 16.9. The smallest absolute Gasteiger partial charge is 0.240 e. The minimum absolute atomic E-state index is 0.0167. The standard InChI is InChI=1S/C20H32N2O/c1-4-6-7-8-9-10-11-12-20(23)22-21-17(3)19-15-13-18(5-2)14-16-19/h13-16H,4-12H2,1-3H3,(H,22,23)/b21-17+. The SMILES string of the molecule is CCCCCCCCCC(=O)N/N=C(\C)c1ccc(CC)cc1. The van der Waals surface area contributed by atoms with Crippen LogP contribution in [0.25, 0.3) is 0 Å². The minimum atomic E-state index is 0.0167. The number of rotatable bonds is 11. The highest BCUT2D eigenvalue weighted by Gasteiger charge is 2.02. The van der Waals surface area contributed by atoms with Gasteiger partial charge in [0.1, 0.15) is 0 Å². The van der Waals surface area contributed by atoms with E-state index in [1.165, 1.54) is 37.7 Å². The van der Waals surface area contributed by atoms with E-state index in [1.807, 2.05) is 6.92 Å². The maximum atomic E-state index is 11.8. The summed E-state index contributed by atoms with van der Waals surface area (Å²) >= 11 is 0. The molecule has 0 unspecified atom stereocenters. The third kappa shape index (κ3) is 8.53. The second kappa shape index (κ2) is 11.9. The van der Waals surface area contributed by atoms with Crippen LogP contribution in [0.3, 0.4) is 0 Å². The Kier molecular flexibility index (Phi) is 10.0. The first kappa shape index (κ1) is 19.4. The minimum Gasteiger partial charge on any atom is -0.273 e. The summed E-state index contributed by atoms with van der Waals surface area (Å²) in [5.41, 5.74) is 5.88. The monoisotopic (exact) mass is 316 g/mol. The first-order valence-electron chi connectivity index (χ1n) is 9.09. The molecule has 0 saturated heterocycles. The van der Waals surface area contributed by atoms with Gasteiger partial charge in [-0.25, -0.2) is 5.43 Å². The van der Waals surface area contributed by atoms with E-state index in [9.17, 15) is 4.79 Å². The topological polar surface area (TPSA) is 41.5 Å². The molecule has 1 N–H and O–H groups in total. The Morgan fingerprint density at radius 1 is 0.957 bits per heavy atom. The summed E-state index contributed by atoms with van der Waals surface area (Å²) in [6.07, 6.45) is 10.2. The molecule has 0 fully saturated rings. The second-order valence-corrected chi connectivity index (χ2v) is 6.15. The molecule has 0 spiro atoms. The molecular weight excluding hydrogens is 284 g/mol. The second-order valence-electron chi connectivity index (χ2n) is 6.15. The zero-order valence-corrected chi connectivity index (χ0v) is 15.0. The summed E-state index contributed by atoms with van der Waals surface area (Å²) < 4.78 is 0. The number of hydrazone groups is 1. The van der Waals surface area contributed by atoms with Crippen LogP contribution in [0, 0.1) is 0 Å². The van der Waals surface area contributed by atoms with Gasteiger partial charge in [-0.15, -0.1) is 0 Å². The number of nitrogens with zero attached hydrogens (tertiary/aromatic N) is 1. The van der Waals surface area contributed by atoms with Crippen molar-refractivity contribution in [1.29, 1.82) is 0 Å². The first-order valence-corrected chi connectivity index (χ1v) is 9.09. The lowest BCUT2D eigenvalue weighted by Crippen LogP contribution is -2.18. The molecule has 128 valence electrons. The summed E-state index contributed by atoms with van der Waals surface area (Å²) in [4.78, 5) is 11.8. The van der Waals surface area contributed by atoms with Gasteiger partial charge in [-0.3, -0.25) is 4.79 Å². The number of benzene rings is 1. The molecule has 0 aliphatic heterocycles. The molecule has 0 radical (unpaired) electrons. The quantitative estimate of drug-likeness (QED) is 0.339. The molecule has 1 amide bonds. The zero-order valence-electron chi connectivity index (χ0n) is 15.0. The molecule has 3 heteroatoms. The Morgan fingerprint density at radius 3 is 2.17 bits per heavy atom. The number of hydrogen-bond acceptors (Lipinski definition) is 2. The molecule has 0 aromatic heterocycles. The molecule has 1 aromatic carbocycles. The molecule has 0 bridgehead atoms. The third-order valence-corrected chi connectivity index (χ3v) is 4.14. The van der Waals surface area contributed by atoms with Crippen LogP contribution in [0.1, 0.15) is 83.3 Å². The molecule has 1 rings (SSSR count). The van der Waals surface area contributed by atoms with Crippen LogP contribution < -0.4 is 5.43 Å². The number of amides is 1. The molecule has 1 aromatic rings. The van der Waals surface area contributed by atoms with Crippen molar-refractivity contribution in [3.8, 4) is 0 Å². The van der Waals surface area contributed by atoms with Crippen molar-refractivity contribution in [2.45, 2.75) is 78.6 Å². The fourth-order valence-electron chi connectivity index (χ4n) is 2.49. The van der Waals surface area contributed by atoms with Gasteiger partial charge in [0, 0.05) is 6.42 Å². The average Bonchev–Trinajstić information content (AvgIpc) is 2.59. The van der Waals surface area contributed by atoms with E-state index >= 15 is 0 Å². The van der Waals surface area contributed by atoms with Gasteiger partial charge >= 0.3 is 0 Å². The summed E-state index contributed by atoms with van der Waals surface area (Å²) in [5.74, 6) is 0.0167. The number of carbonyl (C=O) groups is 1. The lowest BCUT2D eigenvalue weighted by Gasteiger charge is -2.04. The molecular formula is C20H32N2O. The number of carbonyl (C=O) groups excluding carboxylic acids is 1. The fraction of sp³-hybridized carbons (Fsp3) is 0.600. The van der Waals surface area contributed by atoms with Crippen molar-refractivity contribution in [1.82, 2.24) is 5.43 Å². The van der Waals surface area contributed by atoms with Crippen molar-refractivity contribution in [2.75, 3.05) is 0 Å². The van der Waals surface area contributed by atoms with Crippen LogP contribution in [-0.4, -0.2) is 11.6 Å². The van der Waals surface area contributed by atoms with Crippen LogP contribution in [0.4, 0.5) is 0 Å². The molecule has 0 atom stereocenters. The number of unbranched alkanes of at least 4 members (excludes halogenated alkanes) is 6. The van der Waals surface area contributed by atoms with E-state index in [4.69, 9.17) is 0 Å². The predicted molar refractivity (Wildman–Crippen MR) is 98.8 cm³/mol. The molecule has 23 heavy (non-hydrogen) atoms. The van der Waals surface area contributed by atoms with Gasteiger partial charge in [-0.05, 0) is 30.9 Å². The summed E-state index contributed by atoms with van der Waals surface area (Å²) in [5, 5.41) is 4.21. The molecule has 0 saturated carbocycles. The van der Waals surface area contributed by atoms with Gasteiger partial charge in [0.25, 0.3) is 0 Å². The van der Waals surface area contributed by atoms with Crippen LogP contribution in [0.2, 0.25) is 0 Å². The largest absolute Gasteiger partial charge is 0.273 e. The molecule has 0 aliphatic carbocycles. The lowest BCUT2D eigenvalue weighted by atomic mass is 10.1.